The maximum atomic E-state index is 13.4. The van der Waals surface area contributed by atoms with Crippen LogP contribution in [-0.4, -0.2) is 53.3 Å². The number of fused-ring (bicyclic) bond motifs is 2. The molecule has 1 aromatic rings. The number of methoxy groups -OCH3 is 1. The summed E-state index contributed by atoms with van der Waals surface area (Å²) in [6, 6.07) is 0.873. The molecule has 5 rings (SSSR count). The van der Waals surface area contributed by atoms with E-state index in [-0.39, 0.29) is 6.04 Å². The van der Waals surface area contributed by atoms with Crippen LogP contribution in [0.5, 0.6) is 0 Å². The molecule has 0 radical (unpaired) electrons. The van der Waals surface area contributed by atoms with Crippen molar-refractivity contribution in [3.63, 3.8) is 0 Å². The zero-order chi connectivity index (χ0) is 27.7. The molecular weight excluding hydrogens is 472 g/mol. The van der Waals surface area contributed by atoms with Crippen LogP contribution >= 0.6 is 0 Å². The lowest BCUT2D eigenvalue weighted by Gasteiger charge is -2.36. The van der Waals surface area contributed by atoms with Gasteiger partial charge >= 0.3 is 0 Å². The first-order chi connectivity index (χ1) is 18.4. The van der Waals surface area contributed by atoms with Crippen molar-refractivity contribution >= 4 is 5.91 Å². The predicted molar refractivity (Wildman–Crippen MR) is 157 cm³/mol. The van der Waals surface area contributed by atoms with Gasteiger partial charge in [0.15, 0.2) is 0 Å². The number of aromatic nitrogens is 2. The highest BCUT2D eigenvalue weighted by Crippen LogP contribution is 2.41. The van der Waals surface area contributed by atoms with E-state index in [0.29, 0.717) is 54.8 Å². The fraction of sp³-hybridized carbons (Fsp3) is 0.812. The Morgan fingerprint density at radius 1 is 1.11 bits per heavy atom. The van der Waals surface area contributed by atoms with Gasteiger partial charge in [-0.3, -0.25) is 9.89 Å². The average molecular weight is 529 g/mol. The highest BCUT2D eigenvalue weighted by atomic mass is 16.5. The highest BCUT2D eigenvalue weighted by Gasteiger charge is 2.41. The van der Waals surface area contributed by atoms with Gasteiger partial charge in [-0.1, -0.05) is 73.0 Å². The van der Waals surface area contributed by atoms with Crippen LogP contribution in [0.4, 0.5) is 0 Å². The van der Waals surface area contributed by atoms with E-state index in [1.165, 1.54) is 55.5 Å². The number of amides is 1. The maximum Gasteiger partial charge on any atom is 0.223 e. The summed E-state index contributed by atoms with van der Waals surface area (Å²) >= 11 is 0. The lowest BCUT2D eigenvalue weighted by atomic mass is 9.76. The molecule has 4 atom stereocenters. The molecule has 2 heterocycles. The fourth-order valence-corrected chi connectivity index (χ4v) is 6.95. The molecule has 1 saturated heterocycles. The Morgan fingerprint density at radius 3 is 2.55 bits per heavy atom. The van der Waals surface area contributed by atoms with Crippen molar-refractivity contribution in [2.75, 3.05) is 20.3 Å². The van der Waals surface area contributed by atoms with E-state index >= 15 is 0 Å². The van der Waals surface area contributed by atoms with Crippen molar-refractivity contribution in [3.8, 4) is 0 Å². The Labute approximate surface area is 232 Å². The van der Waals surface area contributed by atoms with Gasteiger partial charge in [-0.15, -0.1) is 0 Å². The van der Waals surface area contributed by atoms with Crippen LogP contribution < -0.4 is 5.32 Å². The van der Waals surface area contributed by atoms with Crippen LogP contribution in [0.25, 0.3) is 0 Å². The summed E-state index contributed by atoms with van der Waals surface area (Å²) in [4.78, 5) is 15.5. The number of rotatable bonds is 7. The molecule has 2 fully saturated rings. The predicted octanol–water partition coefficient (Wildman–Crippen LogP) is 6.77. The van der Waals surface area contributed by atoms with E-state index < -0.39 is 0 Å². The second-order valence-corrected chi connectivity index (χ2v) is 12.1. The summed E-state index contributed by atoms with van der Waals surface area (Å²) in [5, 5.41) is 12.1. The van der Waals surface area contributed by atoms with E-state index in [4.69, 9.17) is 9.84 Å². The van der Waals surface area contributed by atoms with E-state index in [1.54, 1.807) is 7.11 Å². The molecule has 2 N–H and O–H groups in total. The van der Waals surface area contributed by atoms with Crippen molar-refractivity contribution < 1.29 is 9.53 Å². The molecule has 1 aliphatic heterocycles. The third-order valence-electron chi connectivity index (χ3n) is 8.98. The molecule has 4 unspecified atom stereocenters. The van der Waals surface area contributed by atoms with E-state index in [0.717, 1.165) is 25.7 Å². The normalized spacial score (nSPS) is 27.8. The number of nitrogens with zero attached hydrogens (tertiary/aromatic N) is 2. The van der Waals surface area contributed by atoms with E-state index in [9.17, 15) is 4.79 Å². The molecule has 38 heavy (non-hydrogen) atoms. The summed E-state index contributed by atoms with van der Waals surface area (Å²) in [5.41, 5.74) is 4.41. The molecule has 6 heteroatoms. The lowest BCUT2D eigenvalue weighted by Crippen LogP contribution is -2.47. The number of hydrogen-bond donors (Lipinski definition) is 2. The van der Waals surface area contributed by atoms with Crippen molar-refractivity contribution in [1.29, 1.82) is 0 Å². The summed E-state index contributed by atoms with van der Waals surface area (Å²) in [5.74, 6) is 1.40. The number of hydrogen-bond acceptors (Lipinski definition) is 4. The monoisotopic (exact) mass is 528 g/mol. The van der Waals surface area contributed by atoms with Gasteiger partial charge in [0.1, 0.15) is 0 Å². The number of aromatic amines is 1. The minimum Gasteiger partial charge on any atom is -0.383 e. The Hall–Kier alpha value is -1.66. The minimum absolute atomic E-state index is 0.160. The summed E-state index contributed by atoms with van der Waals surface area (Å²) < 4.78 is 5.38. The average Bonchev–Trinajstić information content (AvgIpc) is 3.54. The topological polar surface area (TPSA) is 70.2 Å². The van der Waals surface area contributed by atoms with Crippen molar-refractivity contribution in [3.05, 3.63) is 29.1 Å². The molecule has 4 aliphatic rings. The highest BCUT2D eigenvalue weighted by molar-refractivity contribution is 5.77. The van der Waals surface area contributed by atoms with Gasteiger partial charge in [-0.2, -0.15) is 5.10 Å². The van der Waals surface area contributed by atoms with Crippen LogP contribution in [0, 0.1) is 17.3 Å². The molecule has 216 valence electrons. The van der Waals surface area contributed by atoms with Gasteiger partial charge in [0.25, 0.3) is 0 Å². The third kappa shape index (κ3) is 7.50. The summed E-state index contributed by atoms with van der Waals surface area (Å²) in [6.07, 6.45) is 17.2. The van der Waals surface area contributed by atoms with Crippen molar-refractivity contribution in [2.24, 2.45) is 17.3 Å². The van der Waals surface area contributed by atoms with Crippen LogP contribution in [0.2, 0.25) is 0 Å². The molecule has 1 saturated carbocycles. The number of H-pyrrole nitrogens is 1. The zero-order valence-electron chi connectivity index (χ0n) is 25.4. The number of ether oxygens (including phenoxy) is 1. The Kier molecular flexibility index (Phi) is 11.9. The first kappa shape index (κ1) is 30.9. The second-order valence-electron chi connectivity index (χ2n) is 12.1. The largest absolute Gasteiger partial charge is 0.383 e. The number of nitrogens with one attached hydrogen (secondary N) is 2. The van der Waals surface area contributed by atoms with E-state index in [2.05, 4.69) is 41.3 Å². The SMILES string of the molecule is CC.CC.COCCN(C(=O)CC1CCCCC1)C1C=CC2CC(c3n[nH]c4c3CCC(C)(C)C4)NC2C1. The molecule has 3 aliphatic carbocycles. The molecule has 0 aromatic carbocycles. The number of carbonyl (C=O) groups is 1. The van der Waals surface area contributed by atoms with Gasteiger partial charge in [0, 0.05) is 31.8 Å². The smallest absolute Gasteiger partial charge is 0.223 e. The second kappa shape index (κ2) is 14.6. The molecular formula is C32H56N4O2. The van der Waals surface area contributed by atoms with Crippen LogP contribution in [0.15, 0.2) is 12.2 Å². The van der Waals surface area contributed by atoms with Crippen LogP contribution in [0.1, 0.15) is 122 Å². The van der Waals surface area contributed by atoms with Gasteiger partial charge in [0.05, 0.1) is 24.4 Å². The quantitative estimate of drug-likeness (QED) is 0.383. The van der Waals surface area contributed by atoms with E-state index in [1.807, 2.05) is 27.7 Å². The lowest BCUT2D eigenvalue weighted by molar-refractivity contribution is -0.135. The summed E-state index contributed by atoms with van der Waals surface area (Å²) in [7, 11) is 1.73. The Morgan fingerprint density at radius 2 is 1.84 bits per heavy atom. The molecule has 6 nitrogen and oxygen atoms in total. The maximum absolute atomic E-state index is 13.4. The first-order valence-electron chi connectivity index (χ1n) is 15.7. The van der Waals surface area contributed by atoms with Gasteiger partial charge in [-0.05, 0) is 67.8 Å². The minimum atomic E-state index is 0.160. The summed E-state index contributed by atoms with van der Waals surface area (Å²) in [6.45, 7) is 14.0. The first-order valence-corrected chi connectivity index (χ1v) is 15.7. The molecule has 1 aromatic heterocycles. The molecule has 1 amide bonds. The Balaban J connectivity index is 0.000000956. The molecule has 0 bridgehead atoms. The van der Waals surface area contributed by atoms with Gasteiger partial charge < -0.3 is 15.0 Å². The van der Waals surface area contributed by atoms with Crippen LogP contribution in [-0.2, 0) is 22.4 Å². The fourth-order valence-electron chi connectivity index (χ4n) is 6.95. The van der Waals surface area contributed by atoms with Crippen molar-refractivity contribution in [1.82, 2.24) is 20.4 Å². The standard InChI is InChI=1S/C28H44N4O2.2C2H6/c1-28(2)12-11-22-25(18-28)30-31-27(22)24-16-20-9-10-21(17-23(20)29-24)32(13-14-34-3)26(33)15-19-7-5-4-6-8-19;2*1-2/h9-10,19-21,23-24,29H,4-8,11-18H2,1-3H3,(H,30,31);2*1-2H3. The van der Waals surface area contributed by atoms with Gasteiger partial charge in [-0.25, -0.2) is 0 Å². The Bertz CT molecular complexity index is 886. The van der Waals surface area contributed by atoms with Gasteiger partial charge in [0.2, 0.25) is 5.91 Å². The molecule has 0 spiro atoms. The third-order valence-corrected chi connectivity index (χ3v) is 8.98. The van der Waals surface area contributed by atoms with Crippen molar-refractivity contribution in [2.45, 2.75) is 130 Å². The number of carbonyl (C=O) groups excluding carboxylic acids is 1. The van der Waals surface area contributed by atoms with Crippen LogP contribution in [0.3, 0.4) is 0 Å². The zero-order valence-corrected chi connectivity index (χ0v) is 25.4.